The van der Waals surface area contributed by atoms with Gasteiger partial charge in [-0.05, 0) is 0 Å². The summed E-state index contributed by atoms with van der Waals surface area (Å²) in [6.07, 6.45) is 3.42. The summed E-state index contributed by atoms with van der Waals surface area (Å²) in [6, 6.07) is 3.86. The minimum absolute atomic E-state index is 0.128. The largest absolute Gasteiger partial charge is 0.331 e. The van der Waals surface area contributed by atoms with Gasteiger partial charge in [-0.25, -0.2) is 9.97 Å². The molecule has 0 bridgehead atoms. The third-order valence-corrected chi connectivity index (χ3v) is 2.33. The van der Waals surface area contributed by atoms with E-state index < -0.39 is 0 Å². The molecule has 2 aromatic heterocycles. The summed E-state index contributed by atoms with van der Waals surface area (Å²) < 4.78 is 3.35. The molecule has 2 heterocycles. The van der Waals surface area contributed by atoms with Crippen molar-refractivity contribution in [3.63, 3.8) is 0 Å². The number of aromatic nitrogens is 4. The fourth-order valence-corrected chi connectivity index (χ4v) is 1.49. The van der Waals surface area contributed by atoms with Crippen LogP contribution in [0.4, 0.5) is 0 Å². The molecule has 0 saturated carbocycles. The predicted molar refractivity (Wildman–Crippen MR) is 54.8 cm³/mol. The summed E-state index contributed by atoms with van der Waals surface area (Å²) >= 11 is 0. The summed E-state index contributed by atoms with van der Waals surface area (Å²) in [4.78, 5) is 8.23. The minimum atomic E-state index is 0.128. The van der Waals surface area contributed by atoms with E-state index in [9.17, 15) is 0 Å². The highest BCUT2D eigenvalue weighted by Gasteiger charge is 2.17. The van der Waals surface area contributed by atoms with Crippen LogP contribution in [0.15, 0.2) is 12.4 Å². The van der Waals surface area contributed by atoms with E-state index in [1.807, 2.05) is 19.2 Å². The van der Waals surface area contributed by atoms with E-state index in [0.29, 0.717) is 11.6 Å². The fraction of sp³-hybridized carbons (Fsp3) is 0.200. The van der Waals surface area contributed by atoms with Crippen LogP contribution in [0, 0.1) is 22.7 Å². The molecule has 2 aromatic rings. The van der Waals surface area contributed by atoms with Crippen molar-refractivity contribution in [2.24, 2.45) is 14.1 Å². The normalized spacial score (nSPS) is 9.75. The summed E-state index contributed by atoms with van der Waals surface area (Å²) in [5.74, 6) is 1.14. The van der Waals surface area contributed by atoms with Crippen LogP contribution in [0.3, 0.4) is 0 Å². The van der Waals surface area contributed by atoms with E-state index >= 15 is 0 Å². The van der Waals surface area contributed by atoms with Gasteiger partial charge in [0.15, 0.2) is 23.0 Å². The van der Waals surface area contributed by atoms with E-state index in [1.165, 1.54) is 0 Å². The van der Waals surface area contributed by atoms with Gasteiger partial charge in [0, 0.05) is 26.5 Å². The van der Waals surface area contributed by atoms with Gasteiger partial charge in [0.25, 0.3) is 0 Å². The molecule has 2 rings (SSSR count). The van der Waals surface area contributed by atoms with Crippen LogP contribution in [0.2, 0.25) is 0 Å². The number of imidazole rings is 2. The van der Waals surface area contributed by atoms with E-state index in [1.54, 1.807) is 28.6 Å². The van der Waals surface area contributed by atoms with Crippen molar-refractivity contribution in [3.8, 4) is 23.8 Å². The second-order valence-electron chi connectivity index (χ2n) is 3.28. The molecule has 0 unspecified atom stereocenters. The van der Waals surface area contributed by atoms with Crippen LogP contribution < -0.4 is 0 Å². The number of hydrogen-bond donors (Lipinski definition) is 0. The Morgan fingerprint density at radius 1 is 1.19 bits per heavy atom. The summed E-state index contributed by atoms with van der Waals surface area (Å²) in [5, 5.41) is 17.8. The van der Waals surface area contributed by atoms with E-state index in [-0.39, 0.29) is 11.4 Å². The van der Waals surface area contributed by atoms with Gasteiger partial charge in [-0.3, -0.25) is 0 Å². The molecule has 16 heavy (non-hydrogen) atoms. The molecule has 0 aliphatic rings. The molecule has 0 aliphatic heterocycles. The van der Waals surface area contributed by atoms with Gasteiger partial charge in [0.2, 0.25) is 0 Å². The first-order valence-corrected chi connectivity index (χ1v) is 4.53. The van der Waals surface area contributed by atoms with Crippen molar-refractivity contribution in [2.45, 2.75) is 0 Å². The zero-order valence-electron chi connectivity index (χ0n) is 8.84. The lowest BCUT2D eigenvalue weighted by Gasteiger charge is -2.01. The highest BCUT2D eigenvalue weighted by atomic mass is 15.1. The smallest absolute Gasteiger partial charge is 0.178 e. The van der Waals surface area contributed by atoms with E-state index in [2.05, 4.69) is 9.97 Å². The topological polar surface area (TPSA) is 83.2 Å². The standard InChI is InChI=1S/C10H8N6/c1-15-4-3-13-9(15)10-14-7(5-11)8(6-12)16(10)2/h3-4H,1-2H3. The van der Waals surface area contributed by atoms with Crippen molar-refractivity contribution < 1.29 is 0 Å². The van der Waals surface area contributed by atoms with Gasteiger partial charge in [-0.2, -0.15) is 10.5 Å². The second-order valence-corrected chi connectivity index (χ2v) is 3.28. The number of aryl methyl sites for hydroxylation is 1. The Hall–Kier alpha value is -2.60. The summed E-state index contributed by atoms with van der Waals surface area (Å²) in [6.45, 7) is 0. The fourth-order valence-electron chi connectivity index (χ4n) is 1.49. The molecular weight excluding hydrogens is 204 g/mol. The molecule has 0 aliphatic carbocycles. The average Bonchev–Trinajstić information content (AvgIpc) is 2.82. The molecule has 0 saturated heterocycles. The first kappa shape index (κ1) is 9.94. The molecular formula is C10H8N6. The molecule has 0 radical (unpaired) electrons. The predicted octanol–water partition coefficient (Wildman–Crippen LogP) is 0.564. The van der Waals surface area contributed by atoms with Crippen LogP contribution in [0.1, 0.15) is 11.4 Å². The second kappa shape index (κ2) is 3.52. The first-order valence-electron chi connectivity index (χ1n) is 4.53. The first-order chi connectivity index (χ1) is 7.69. The number of nitriles is 2. The van der Waals surface area contributed by atoms with Crippen LogP contribution in [0.5, 0.6) is 0 Å². The van der Waals surface area contributed by atoms with Crippen LogP contribution >= 0.6 is 0 Å². The van der Waals surface area contributed by atoms with Crippen molar-refractivity contribution in [1.29, 1.82) is 10.5 Å². The monoisotopic (exact) mass is 212 g/mol. The molecule has 0 aromatic carbocycles. The lowest BCUT2D eigenvalue weighted by Crippen LogP contribution is -2.00. The Kier molecular flexibility index (Phi) is 2.19. The van der Waals surface area contributed by atoms with Gasteiger partial charge >= 0.3 is 0 Å². The maximum absolute atomic E-state index is 8.92. The highest BCUT2D eigenvalue weighted by Crippen LogP contribution is 2.18. The Morgan fingerprint density at radius 2 is 1.94 bits per heavy atom. The molecule has 78 valence electrons. The number of rotatable bonds is 1. The molecule has 6 heteroatoms. The highest BCUT2D eigenvalue weighted by molar-refractivity contribution is 5.52. The Balaban J connectivity index is 2.70. The zero-order chi connectivity index (χ0) is 11.7. The Morgan fingerprint density at radius 3 is 2.38 bits per heavy atom. The van der Waals surface area contributed by atoms with E-state index in [4.69, 9.17) is 10.5 Å². The molecule has 6 nitrogen and oxygen atoms in total. The molecule has 0 N–H and O–H groups in total. The molecule has 0 atom stereocenters. The zero-order valence-corrected chi connectivity index (χ0v) is 8.84. The quantitative estimate of drug-likeness (QED) is 0.691. The van der Waals surface area contributed by atoms with Crippen molar-refractivity contribution >= 4 is 0 Å². The third kappa shape index (κ3) is 1.25. The molecule has 0 spiro atoms. The van der Waals surface area contributed by atoms with Crippen molar-refractivity contribution in [1.82, 2.24) is 19.1 Å². The Labute approximate surface area is 92.0 Å². The minimum Gasteiger partial charge on any atom is -0.331 e. The average molecular weight is 212 g/mol. The maximum Gasteiger partial charge on any atom is 0.178 e. The van der Waals surface area contributed by atoms with Crippen molar-refractivity contribution in [2.75, 3.05) is 0 Å². The molecule has 0 amide bonds. The van der Waals surface area contributed by atoms with Crippen LogP contribution in [0.25, 0.3) is 11.6 Å². The lowest BCUT2D eigenvalue weighted by molar-refractivity contribution is 0.853. The summed E-state index contributed by atoms with van der Waals surface area (Å²) in [7, 11) is 3.52. The van der Waals surface area contributed by atoms with Gasteiger partial charge in [0.05, 0.1) is 0 Å². The van der Waals surface area contributed by atoms with Gasteiger partial charge in [-0.1, -0.05) is 0 Å². The van der Waals surface area contributed by atoms with Gasteiger partial charge in [-0.15, -0.1) is 0 Å². The maximum atomic E-state index is 8.92. The number of hydrogen-bond acceptors (Lipinski definition) is 4. The Bertz CT molecular complexity index is 619. The lowest BCUT2D eigenvalue weighted by atomic mass is 10.4. The molecule has 0 fully saturated rings. The third-order valence-electron chi connectivity index (χ3n) is 2.33. The van der Waals surface area contributed by atoms with Gasteiger partial charge in [0.1, 0.15) is 12.1 Å². The van der Waals surface area contributed by atoms with Crippen molar-refractivity contribution in [3.05, 3.63) is 23.8 Å². The van der Waals surface area contributed by atoms with E-state index in [0.717, 1.165) is 0 Å². The van der Waals surface area contributed by atoms with Crippen LogP contribution in [-0.4, -0.2) is 19.1 Å². The number of nitrogens with zero attached hydrogens (tertiary/aromatic N) is 6. The SMILES string of the molecule is Cn1ccnc1-c1nc(C#N)c(C#N)n1C. The summed E-state index contributed by atoms with van der Waals surface area (Å²) in [5.41, 5.74) is 0.378. The van der Waals surface area contributed by atoms with Gasteiger partial charge < -0.3 is 9.13 Å². The van der Waals surface area contributed by atoms with Crippen LogP contribution in [-0.2, 0) is 14.1 Å².